The van der Waals surface area contributed by atoms with Gasteiger partial charge in [0.15, 0.2) is 0 Å². The van der Waals surface area contributed by atoms with Crippen LogP contribution in [0, 0.1) is 0 Å². The van der Waals surface area contributed by atoms with Crippen molar-refractivity contribution in [3.8, 4) is 17.2 Å². The molecular formula is C16H19N5O4. The van der Waals surface area contributed by atoms with E-state index < -0.39 is 18.0 Å². The van der Waals surface area contributed by atoms with E-state index in [0.717, 1.165) is 0 Å². The number of rotatable bonds is 8. The highest BCUT2D eigenvalue weighted by Crippen LogP contribution is 2.29. The number of methoxy groups -OCH3 is 1. The number of hydrogen-bond donors (Lipinski definition) is 3. The van der Waals surface area contributed by atoms with Gasteiger partial charge in [-0.15, -0.1) is 16.8 Å². The Morgan fingerprint density at radius 3 is 2.84 bits per heavy atom. The van der Waals surface area contributed by atoms with Crippen LogP contribution in [0.15, 0.2) is 41.3 Å². The molecule has 1 aromatic heterocycles. The lowest BCUT2D eigenvalue weighted by Gasteiger charge is -2.13. The van der Waals surface area contributed by atoms with Crippen molar-refractivity contribution < 1.29 is 18.7 Å². The van der Waals surface area contributed by atoms with Crippen molar-refractivity contribution in [3.63, 3.8) is 0 Å². The number of ether oxygens (including phenoxy) is 1. The SMILES string of the molecule is C=CCNC(=O)N[C@@H](CC(N)=O)c1nnc(-c2ccccc2OC)o1. The van der Waals surface area contributed by atoms with E-state index in [2.05, 4.69) is 27.4 Å². The van der Waals surface area contributed by atoms with E-state index in [1.807, 2.05) is 0 Å². The van der Waals surface area contributed by atoms with Crippen molar-refractivity contribution in [2.75, 3.05) is 13.7 Å². The van der Waals surface area contributed by atoms with Crippen molar-refractivity contribution in [1.82, 2.24) is 20.8 Å². The molecule has 25 heavy (non-hydrogen) atoms. The molecule has 0 aliphatic rings. The van der Waals surface area contributed by atoms with Crippen molar-refractivity contribution in [1.29, 1.82) is 0 Å². The molecule has 0 aliphatic carbocycles. The zero-order valence-electron chi connectivity index (χ0n) is 13.7. The summed E-state index contributed by atoms with van der Waals surface area (Å²) in [6, 6.07) is 5.75. The lowest BCUT2D eigenvalue weighted by atomic mass is 10.2. The van der Waals surface area contributed by atoms with E-state index in [9.17, 15) is 9.59 Å². The maximum Gasteiger partial charge on any atom is 0.315 e. The van der Waals surface area contributed by atoms with Crippen LogP contribution in [0.5, 0.6) is 5.75 Å². The summed E-state index contributed by atoms with van der Waals surface area (Å²) in [7, 11) is 1.53. The topological polar surface area (TPSA) is 132 Å². The molecule has 2 aromatic rings. The molecule has 9 heteroatoms. The number of carbonyl (C=O) groups is 2. The fourth-order valence-electron chi connectivity index (χ4n) is 2.08. The fourth-order valence-corrected chi connectivity index (χ4v) is 2.08. The van der Waals surface area contributed by atoms with Gasteiger partial charge in [0, 0.05) is 6.54 Å². The Hall–Kier alpha value is -3.36. The Balaban J connectivity index is 2.23. The number of primary amides is 1. The Labute approximate surface area is 144 Å². The predicted octanol–water partition coefficient (Wildman–Crippen LogP) is 1.15. The second-order valence-electron chi connectivity index (χ2n) is 5.01. The first-order valence-electron chi connectivity index (χ1n) is 7.45. The average molecular weight is 345 g/mol. The molecule has 2 rings (SSSR count). The molecule has 1 heterocycles. The molecule has 4 N–H and O–H groups in total. The molecule has 0 aliphatic heterocycles. The minimum absolute atomic E-state index is 0.0634. The first-order chi connectivity index (χ1) is 12.0. The third-order valence-electron chi connectivity index (χ3n) is 3.19. The zero-order chi connectivity index (χ0) is 18.2. The number of hydrogen-bond acceptors (Lipinski definition) is 6. The normalized spacial score (nSPS) is 11.4. The van der Waals surface area contributed by atoms with Crippen LogP contribution in [0.1, 0.15) is 18.4 Å². The molecule has 132 valence electrons. The maximum atomic E-state index is 11.8. The molecule has 1 atom stereocenters. The van der Waals surface area contributed by atoms with Gasteiger partial charge in [0.25, 0.3) is 5.89 Å². The monoisotopic (exact) mass is 345 g/mol. The quantitative estimate of drug-likeness (QED) is 0.615. The van der Waals surface area contributed by atoms with E-state index in [1.54, 1.807) is 24.3 Å². The molecule has 3 amide bonds. The van der Waals surface area contributed by atoms with Crippen molar-refractivity contribution in [2.24, 2.45) is 5.73 Å². The molecule has 9 nitrogen and oxygen atoms in total. The van der Waals surface area contributed by atoms with Gasteiger partial charge in [-0.05, 0) is 12.1 Å². The fraction of sp³-hybridized carbons (Fsp3) is 0.250. The van der Waals surface area contributed by atoms with Crippen LogP contribution in [0.3, 0.4) is 0 Å². The summed E-state index contributed by atoms with van der Waals surface area (Å²) in [5.74, 6) is 0.204. The van der Waals surface area contributed by atoms with Crippen molar-refractivity contribution >= 4 is 11.9 Å². The van der Waals surface area contributed by atoms with E-state index in [1.165, 1.54) is 13.2 Å². The summed E-state index contributed by atoms with van der Waals surface area (Å²) in [5, 5.41) is 13.0. The average Bonchev–Trinajstić information content (AvgIpc) is 3.08. The van der Waals surface area contributed by atoms with Crippen LogP contribution < -0.4 is 21.1 Å². The molecule has 0 fully saturated rings. The second kappa shape index (κ2) is 8.48. The minimum Gasteiger partial charge on any atom is -0.496 e. The molecule has 0 saturated carbocycles. The molecular weight excluding hydrogens is 326 g/mol. The predicted molar refractivity (Wildman–Crippen MR) is 89.6 cm³/mol. The number of nitrogens with two attached hydrogens (primary N) is 1. The largest absolute Gasteiger partial charge is 0.496 e. The molecule has 0 unspecified atom stereocenters. The Morgan fingerprint density at radius 2 is 2.16 bits per heavy atom. The van der Waals surface area contributed by atoms with Crippen molar-refractivity contribution in [3.05, 3.63) is 42.8 Å². The summed E-state index contributed by atoms with van der Waals surface area (Å²) in [6.07, 6.45) is 1.34. The first-order valence-corrected chi connectivity index (χ1v) is 7.45. The van der Waals surface area contributed by atoms with Gasteiger partial charge in [0.1, 0.15) is 11.8 Å². The first kappa shape index (κ1) is 18.0. The number of benzene rings is 1. The Kier molecular flexibility index (Phi) is 6.10. The van der Waals surface area contributed by atoms with Gasteiger partial charge in [-0.25, -0.2) is 4.79 Å². The Morgan fingerprint density at radius 1 is 1.40 bits per heavy atom. The van der Waals surface area contributed by atoms with Crippen LogP contribution in [-0.2, 0) is 4.79 Å². The van der Waals surface area contributed by atoms with Crippen molar-refractivity contribution in [2.45, 2.75) is 12.5 Å². The molecule has 1 aromatic carbocycles. The minimum atomic E-state index is -0.849. The van der Waals surface area contributed by atoms with Gasteiger partial charge in [-0.1, -0.05) is 18.2 Å². The zero-order valence-corrected chi connectivity index (χ0v) is 13.7. The molecule has 0 bridgehead atoms. The summed E-state index contributed by atoms with van der Waals surface area (Å²) in [4.78, 5) is 23.1. The van der Waals surface area contributed by atoms with Gasteiger partial charge >= 0.3 is 6.03 Å². The lowest BCUT2D eigenvalue weighted by Crippen LogP contribution is -2.39. The third-order valence-corrected chi connectivity index (χ3v) is 3.19. The van der Waals surface area contributed by atoms with E-state index in [0.29, 0.717) is 11.3 Å². The van der Waals surface area contributed by atoms with Gasteiger partial charge in [0.05, 0.1) is 19.1 Å². The molecule has 0 radical (unpaired) electrons. The highest BCUT2D eigenvalue weighted by atomic mass is 16.5. The van der Waals surface area contributed by atoms with Gasteiger partial charge in [0.2, 0.25) is 11.8 Å². The number of amides is 3. The smallest absolute Gasteiger partial charge is 0.315 e. The number of nitrogens with one attached hydrogen (secondary N) is 2. The number of urea groups is 1. The van der Waals surface area contributed by atoms with Crippen LogP contribution >= 0.6 is 0 Å². The number of carbonyl (C=O) groups excluding carboxylic acids is 2. The van der Waals surface area contributed by atoms with Crippen LogP contribution in [-0.4, -0.2) is 35.8 Å². The number of aromatic nitrogens is 2. The third kappa shape index (κ3) is 4.80. The van der Waals surface area contributed by atoms with E-state index in [4.69, 9.17) is 14.9 Å². The lowest BCUT2D eigenvalue weighted by molar-refractivity contribution is -0.118. The second-order valence-corrected chi connectivity index (χ2v) is 5.01. The number of para-hydroxylation sites is 1. The summed E-state index contributed by atoms with van der Waals surface area (Å²) in [6.45, 7) is 3.77. The summed E-state index contributed by atoms with van der Waals surface area (Å²) < 4.78 is 10.9. The summed E-state index contributed by atoms with van der Waals surface area (Å²) in [5.41, 5.74) is 5.83. The van der Waals surface area contributed by atoms with Gasteiger partial charge < -0.3 is 25.5 Å². The molecule has 0 spiro atoms. The summed E-state index contributed by atoms with van der Waals surface area (Å²) >= 11 is 0. The highest BCUT2D eigenvalue weighted by Gasteiger charge is 2.24. The van der Waals surface area contributed by atoms with E-state index in [-0.39, 0.29) is 24.7 Å². The van der Waals surface area contributed by atoms with Gasteiger partial charge in [-0.3, -0.25) is 4.79 Å². The highest BCUT2D eigenvalue weighted by molar-refractivity contribution is 5.78. The van der Waals surface area contributed by atoms with Crippen LogP contribution in [0.4, 0.5) is 4.79 Å². The van der Waals surface area contributed by atoms with Gasteiger partial charge in [-0.2, -0.15) is 0 Å². The maximum absolute atomic E-state index is 11.8. The standard InChI is InChI=1S/C16H19N5O4/c1-3-8-18-16(23)19-11(9-13(17)22)15-21-20-14(25-15)10-6-4-5-7-12(10)24-2/h3-7,11H,1,8-9H2,2H3,(H2,17,22)(H2,18,19,23)/t11-/m0/s1. The van der Waals surface area contributed by atoms with Crippen LogP contribution in [0.25, 0.3) is 11.5 Å². The van der Waals surface area contributed by atoms with Crippen LogP contribution in [0.2, 0.25) is 0 Å². The van der Waals surface area contributed by atoms with E-state index >= 15 is 0 Å². The number of nitrogens with zero attached hydrogens (tertiary/aromatic N) is 2. The molecule has 0 saturated heterocycles. The Bertz CT molecular complexity index is 758.